The molecule has 19 heteroatoms. The average molecular weight is 1240 g/mol. The zero-order valence-corrected chi connectivity index (χ0v) is 56.3. The molecule has 0 bridgehead atoms. The summed E-state index contributed by atoms with van der Waals surface area (Å²) in [6.07, 6.45) is 35.2. The Kier molecular flexibility index (Phi) is 53.9. The molecule has 0 aromatic rings. The molecule has 0 saturated carbocycles. The Morgan fingerprint density at radius 2 is 0.500 bits per heavy atom. The molecule has 0 amide bonds. The molecule has 5 atom stereocenters. The van der Waals surface area contributed by atoms with Crippen LogP contribution in [0.4, 0.5) is 0 Å². The Labute approximate surface area is 511 Å². The van der Waals surface area contributed by atoms with E-state index in [0.29, 0.717) is 37.5 Å². The largest absolute Gasteiger partial charge is 0.472 e. The molecule has 0 saturated heterocycles. The van der Waals surface area contributed by atoms with Crippen molar-refractivity contribution in [2.75, 3.05) is 39.6 Å². The topological polar surface area (TPSA) is 237 Å². The van der Waals surface area contributed by atoms with Crippen LogP contribution in [-0.4, -0.2) is 96.7 Å². The van der Waals surface area contributed by atoms with E-state index in [9.17, 15) is 43.2 Å². The van der Waals surface area contributed by atoms with Crippen molar-refractivity contribution in [1.82, 2.24) is 0 Å². The molecule has 0 aliphatic heterocycles. The van der Waals surface area contributed by atoms with Gasteiger partial charge in [-0.3, -0.25) is 37.3 Å². The molecule has 498 valence electrons. The number of hydrogen-bond acceptors (Lipinski definition) is 15. The van der Waals surface area contributed by atoms with Gasteiger partial charge in [0.2, 0.25) is 0 Å². The lowest BCUT2D eigenvalue weighted by Crippen LogP contribution is -2.30. The molecule has 0 fully saturated rings. The molecule has 3 unspecified atom stereocenters. The van der Waals surface area contributed by atoms with E-state index in [-0.39, 0.29) is 25.7 Å². The summed E-state index contributed by atoms with van der Waals surface area (Å²) in [7, 11) is -9.89. The minimum atomic E-state index is -4.95. The van der Waals surface area contributed by atoms with E-state index in [1.165, 1.54) is 109 Å². The van der Waals surface area contributed by atoms with Gasteiger partial charge in [-0.2, -0.15) is 0 Å². The fraction of sp³-hybridized carbons (Fsp3) is 0.938. The molecule has 0 aromatic heterocycles. The Morgan fingerprint density at radius 1 is 0.298 bits per heavy atom. The van der Waals surface area contributed by atoms with Crippen molar-refractivity contribution in [3.05, 3.63) is 0 Å². The molecule has 84 heavy (non-hydrogen) atoms. The summed E-state index contributed by atoms with van der Waals surface area (Å²) in [5, 5.41) is 10.5. The Balaban J connectivity index is 5.22. The number of hydrogen-bond donors (Lipinski definition) is 3. The maximum atomic E-state index is 13.0. The van der Waals surface area contributed by atoms with E-state index < -0.39 is 97.5 Å². The number of carbonyl (C=O) groups excluding carboxylic acids is 4. The quantitative estimate of drug-likeness (QED) is 0.0222. The molecule has 0 rings (SSSR count). The zero-order chi connectivity index (χ0) is 62.5. The summed E-state index contributed by atoms with van der Waals surface area (Å²) in [5.41, 5.74) is 0. The van der Waals surface area contributed by atoms with E-state index in [1.807, 2.05) is 0 Å². The van der Waals surface area contributed by atoms with E-state index in [0.717, 1.165) is 108 Å². The van der Waals surface area contributed by atoms with Crippen molar-refractivity contribution in [3.8, 4) is 0 Å². The van der Waals surface area contributed by atoms with Crippen LogP contribution in [0.25, 0.3) is 0 Å². The smallest absolute Gasteiger partial charge is 0.462 e. The van der Waals surface area contributed by atoms with Gasteiger partial charge in [-0.05, 0) is 49.4 Å². The number of ether oxygens (including phenoxy) is 4. The minimum absolute atomic E-state index is 0.101. The molecule has 0 spiro atoms. The van der Waals surface area contributed by atoms with Gasteiger partial charge in [0.15, 0.2) is 12.2 Å². The Morgan fingerprint density at radius 3 is 0.738 bits per heavy atom. The van der Waals surface area contributed by atoms with Crippen molar-refractivity contribution in [2.24, 2.45) is 23.7 Å². The van der Waals surface area contributed by atoms with Gasteiger partial charge in [0.05, 0.1) is 26.4 Å². The predicted octanol–water partition coefficient (Wildman–Crippen LogP) is 17.8. The Bertz CT molecular complexity index is 1680. The summed E-state index contributed by atoms with van der Waals surface area (Å²) >= 11 is 0. The summed E-state index contributed by atoms with van der Waals surface area (Å²) in [5.74, 6) is 0.709. The number of phosphoric acid groups is 2. The van der Waals surface area contributed by atoms with Crippen LogP contribution in [0, 0.1) is 23.7 Å². The normalized spacial score (nSPS) is 14.4. The Hall–Kier alpha value is -1.94. The van der Waals surface area contributed by atoms with Crippen LogP contribution in [-0.2, 0) is 65.4 Å². The van der Waals surface area contributed by atoms with Gasteiger partial charge in [-0.1, -0.05) is 261 Å². The fourth-order valence-electron chi connectivity index (χ4n) is 9.61. The van der Waals surface area contributed by atoms with Gasteiger partial charge in [0, 0.05) is 25.7 Å². The first kappa shape index (κ1) is 82.1. The molecule has 0 heterocycles. The van der Waals surface area contributed by atoms with Crippen molar-refractivity contribution in [2.45, 2.75) is 331 Å². The molecule has 0 aliphatic rings. The first-order chi connectivity index (χ1) is 40.1. The highest BCUT2D eigenvalue weighted by molar-refractivity contribution is 7.47. The SMILES string of the molecule is CC(C)CCCCCCCCCCCCCCC(=O)O[C@H](COC(=O)CCCCCCCCC(C)C)COP(=O)(O)OCC(O)COP(=O)(O)OC[C@@H](COC(=O)CCCCCCCCCCC(C)C)OC(=O)CCCCCCCCC(C)C. The maximum Gasteiger partial charge on any atom is 0.472 e. The van der Waals surface area contributed by atoms with Gasteiger partial charge < -0.3 is 33.8 Å². The van der Waals surface area contributed by atoms with Crippen LogP contribution in [0.2, 0.25) is 0 Å². The lowest BCUT2D eigenvalue weighted by atomic mass is 10.0. The summed E-state index contributed by atoms with van der Waals surface area (Å²) < 4.78 is 68.0. The molecular weight excluding hydrogens is 1110 g/mol. The number of carbonyl (C=O) groups is 4. The predicted molar refractivity (Wildman–Crippen MR) is 335 cm³/mol. The average Bonchev–Trinajstić information content (AvgIpc) is 3.46. The standard InChI is InChI=1S/C65H126O17P2/c1-55(2)41-33-25-17-13-11-9-10-12-14-20-31-39-47-64(69)81-60(52-76-63(68)46-38-30-23-21-27-35-43-57(5)6)53-79-83(71,72)77-49-59(66)50-78-84(73,74)80-54-61(82-65(70)48-40-32-24-22-28-36-44-58(7)8)51-75-62(67)45-37-29-19-16-15-18-26-34-42-56(3)4/h55-61,66H,9-54H2,1-8H3,(H,71,72)(H,73,74)/t59?,60-,61-/m1/s1. The number of aliphatic hydroxyl groups is 1. The van der Waals surface area contributed by atoms with E-state index >= 15 is 0 Å². The number of esters is 4. The van der Waals surface area contributed by atoms with Gasteiger partial charge in [0.1, 0.15) is 19.3 Å². The molecule has 0 aliphatic carbocycles. The highest BCUT2D eigenvalue weighted by Gasteiger charge is 2.30. The van der Waals surface area contributed by atoms with Crippen LogP contribution in [0.5, 0.6) is 0 Å². The third-order valence-corrected chi connectivity index (χ3v) is 16.7. The van der Waals surface area contributed by atoms with Crippen LogP contribution in [0.1, 0.15) is 312 Å². The van der Waals surface area contributed by atoms with Crippen LogP contribution in [0.3, 0.4) is 0 Å². The summed E-state index contributed by atoms with van der Waals surface area (Å²) in [6.45, 7) is 13.9. The second-order valence-electron chi connectivity index (χ2n) is 25.4. The van der Waals surface area contributed by atoms with Gasteiger partial charge in [-0.15, -0.1) is 0 Å². The van der Waals surface area contributed by atoms with Crippen molar-refractivity contribution < 1.29 is 80.2 Å². The number of aliphatic hydroxyl groups excluding tert-OH is 1. The first-order valence-corrected chi connectivity index (χ1v) is 36.7. The monoisotopic (exact) mass is 1240 g/mol. The highest BCUT2D eigenvalue weighted by atomic mass is 31.2. The van der Waals surface area contributed by atoms with Gasteiger partial charge >= 0.3 is 39.5 Å². The van der Waals surface area contributed by atoms with Gasteiger partial charge in [-0.25, -0.2) is 9.13 Å². The van der Waals surface area contributed by atoms with Crippen molar-refractivity contribution >= 4 is 39.5 Å². The lowest BCUT2D eigenvalue weighted by molar-refractivity contribution is -0.161. The third kappa shape index (κ3) is 59.0. The molecule has 17 nitrogen and oxygen atoms in total. The summed E-state index contributed by atoms with van der Waals surface area (Å²) in [6, 6.07) is 0. The molecule has 3 N–H and O–H groups in total. The van der Waals surface area contributed by atoms with Crippen LogP contribution < -0.4 is 0 Å². The fourth-order valence-corrected chi connectivity index (χ4v) is 11.2. The van der Waals surface area contributed by atoms with E-state index in [1.54, 1.807) is 0 Å². The van der Waals surface area contributed by atoms with Crippen LogP contribution >= 0.6 is 15.6 Å². The number of phosphoric ester groups is 2. The number of unbranched alkanes of at least 4 members (excludes halogenated alkanes) is 28. The lowest BCUT2D eigenvalue weighted by Gasteiger charge is -2.21. The molecule has 0 aromatic carbocycles. The second kappa shape index (κ2) is 55.2. The van der Waals surface area contributed by atoms with Gasteiger partial charge in [0.25, 0.3) is 0 Å². The molecular formula is C65H126O17P2. The number of rotatable bonds is 62. The first-order valence-electron chi connectivity index (χ1n) is 33.7. The van der Waals surface area contributed by atoms with Crippen molar-refractivity contribution in [1.29, 1.82) is 0 Å². The van der Waals surface area contributed by atoms with Crippen LogP contribution in [0.15, 0.2) is 0 Å². The zero-order valence-electron chi connectivity index (χ0n) is 54.5. The van der Waals surface area contributed by atoms with E-state index in [4.69, 9.17) is 37.0 Å². The summed E-state index contributed by atoms with van der Waals surface area (Å²) in [4.78, 5) is 72.2. The van der Waals surface area contributed by atoms with E-state index in [2.05, 4.69) is 55.4 Å². The maximum absolute atomic E-state index is 13.0. The highest BCUT2D eigenvalue weighted by Crippen LogP contribution is 2.45. The molecule has 0 radical (unpaired) electrons. The van der Waals surface area contributed by atoms with Crippen molar-refractivity contribution in [3.63, 3.8) is 0 Å². The second-order valence-corrected chi connectivity index (χ2v) is 28.3. The minimum Gasteiger partial charge on any atom is -0.462 e. The third-order valence-electron chi connectivity index (χ3n) is 14.8.